The first kappa shape index (κ1) is 15.2. The second-order valence-corrected chi connectivity index (χ2v) is 5.21. The molecule has 0 aliphatic carbocycles. The van der Waals surface area contributed by atoms with Gasteiger partial charge in [-0.3, -0.25) is 14.5 Å². The van der Waals surface area contributed by atoms with E-state index in [-0.39, 0.29) is 24.1 Å². The van der Waals surface area contributed by atoms with Crippen molar-refractivity contribution in [3.63, 3.8) is 0 Å². The van der Waals surface area contributed by atoms with Gasteiger partial charge in [0.05, 0.1) is 11.6 Å². The van der Waals surface area contributed by atoms with Gasteiger partial charge in [-0.25, -0.2) is 4.39 Å². The van der Waals surface area contributed by atoms with Gasteiger partial charge in [-0.2, -0.15) is 0 Å². The van der Waals surface area contributed by atoms with Crippen LogP contribution in [-0.4, -0.2) is 35.9 Å². The van der Waals surface area contributed by atoms with Crippen molar-refractivity contribution < 1.29 is 9.18 Å². The molecule has 2 N–H and O–H groups in total. The highest BCUT2D eigenvalue weighted by atomic mass is 19.1. The Balaban J connectivity index is 2.19. The molecule has 1 aromatic carbocycles. The van der Waals surface area contributed by atoms with Gasteiger partial charge in [-0.05, 0) is 50.7 Å². The molecule has 0 saturated carbocycles. The number of fused-ring (bicyclic) bond motifs is 1. The summed E-state index contributed by atoms with van der Waals surface area (Å²) in [6, 6.07) is 5.58. The van der Waals surface area contributed by atoms with E-state index < -0.39 is 5.82 Å². The van der Waals surface area contributed by atoms with Gasteiger partial charge in [-0.1, -0.05) is 0 Å². The number of aromatic nitrogens is 1. The average Bonchev–Trinajstić information content (AvgIpc) is 2.43. The van der Waals surface area contributed by atoms with Crippen LogP contribution in [0, 0.1) is 5.82 Å². The standard InChI is InChI=1S/C15H18FN3O2/c1-9(19(2)3)14(20)17-8-11-6-10-4-5-12(16)7-13(10)18-15(11)21/h4-7,9H,8H2,1-3H3,(H,17,20)(H,18,21)/t9-/m0/s1. The van der Waals surface area contributed by atoms with Crippen molar-refractivity contribution in [2.24, 2.45) is 0 Å². The van der Waals surface area contributed by atoms with E-state index in [1.165, 1.54) is 12.1 Å². The van der Waals surface area contributed by atoms with Crippen molar-refractivity contribution in [2.75, 3.05) is 14.1 Å². The fourth-order valence-corrected chi connectivity index (χ4v) is 1.91. The molecular weight excluding hydrogens is 273 g/mol. The lowest BCUT2D eigenvalue weighted by molar-refractivity contribution is -0.125. The molecule has 0 aliphatic heterocycles. The maximum atomic E-state index is 13.1. The quantitative estimate of drug-likeness (QED) is 0.890. The summed E-state index contributed by atoms with van der Waals surface area (Å²) in [5.41, 5.74) is 0.552. The van der Waals surface area contributed by atoms with Gasteiger partial charge in [0.25, 0.3) is 5.56 Å². The van der Waals surface area contributed by atoms with Crippen molar-refractivity contribution in [1.29, 1.82) is 0 Å². The number of nitrogens with one attached hydrogen (secondary N) is 2. The number of amides is 1. The van der Waals surface area contributed by atoms with Gasteiger partial charge < -0.3 is 10.3 Å². The topological polar surface area (TPSA) is 65.2 Å². The van der Waals surface area contributed by atoms with Gasteiger partial charge in [0.2, 0.25) is 5.91 Å². The third-order valence-corrected chi connectivity index (χ3v) is 3.49. The number of hydrogen-bond acceptors (Lipinski definition) is 3. The number of benzene rings is 1. The van der Waals surface area contributed by atoms with Crippen LogP contribution in [0.15, 0.2) is 29.1 Å². The number of pyridine rings is 1. The number of aromatic amines is 1. The zero-order chi connectivity index (χ0) is 15.6. The normalized spacial score (nSPS) is 12.6. The van der Waals surface area contributed by atoms with Crippen LogP contribution in [0.4, 0.5) is 4.39 Å². The van der Waals surface area contributed by atoms with E-state index in [1.807, 2.05) is 14.1 Å². The lowest BCUT2D eigenvalue weighted by Gasteiger charge is -2.18. The number of hydrogen-bond donors (Lipinski definition) is 2. The van der Waals surface area contributed by atoms with E-state index in [1.54, 1.807) is 24.0 Å². The molecule has 1 aromatic heterocycles. The van der Waals surface area contributed by atoms with E-state index in [4.69, 9.17) is 0 Å². The van der Waals surface area contributed by atoms with Gasteiger partial charge in [0.1, 0.15) is 5.82 Å². The maximum absolute atomic E-state index is 13.1. The Morgan fingerprint density at radius 3 is 2.76 bits per heavy atom. The third-order valence-electron chi connectivity index (χ3n) is 3.49. The Morgan fingerprint density at radius 1 is 1.38 bits per heavy atom. The molecule has 0 saturated heterocycles. The molecule has 0 radical (unpaired) electrons. The molecule has 0 fully saturated rings. The first-order valence-corrected chi connectivity index (χ1v) is 6.64. The summed E-state index contributed by atoms with van der Waals surface area (Å²) in [5, 5.41) is 3.45. The number of carbonyl (C=O) groups is 1. The van der Waals surface area contributed by atoms with E-state index in [0.717, 1.165) is 5.39 Å². The van der Waals surface area contributed by atoms with Crippen molar-refractivity contribution in [1.82, 2.24) is 15.2 Å². The molecule has 0 spiro atoms. The first-order chi connectivity index (χ1) is 9.88. The molecule has 0 bridgehead atoms. The molecule has 21 heavy (non-hydrogen) atoms. The van der Waals surface area contributed by atoms with E-state index in [9.17, 15) is 14.0 Å². The zero-order valence-electron chi connectivity index (χ0n) is 12.2. The molecule has 2 rings (SSSR count). The van der Waals surface area contributed by atoms with Gasteiger partial charge in [0.15, 0.2) is 0 Å². The van der Waals surface area contributed by atoms with Crippen molar-refractivity contribution >= 4 is 16.8 Å². The SMILES string of the molecule is C[C@@H](C(=O)NCc1cc2ccc(F)cc2[nH]c1=O)N(C)C. The minimum Gasteiger partial charge on any atom is -0.350 e. The summed E-state index contributed by atoms with van der Waals surface area (Å²) in [5.74, 6) is -0.558. The summed E-state index contributed by atoms with van der Waals surface area (Å²) >= 11 is 0. The molecule has 1 atom stereocenters. The minimum atomic E-state index is -0.404. The van der Waals surface area contributed by atoms with E-state index in [2.05, 4.69) is 10.3 Å². The maximum Gasteiger partial charge on any atom is 0.253 e. The number of carbonyl (C=O) groups excluding carboxylic acids is 1. The first-order valence-electron chi connectivity index (χ1n) is 6.64. The molecule has 5 nitrogen and oxygen atoms in total. The molecule has 112 valence electrons. The summed E-state index contributed by atoms with van der Waals surface area (Å²) in [7, 11) is 3.61. The second-order valence-electron chi connectivity index (χ2n) is 5.21. The Labute approximate surface area is 121 Å². The zero-order valence-corrected chi connectivity index (χ0v) is 12.2. The Morgan fingerprint density at radius 2 is 2.10 bits per heavy atom. The third kappa shape index (κ3) is 3.46. The molecule has 1 heterocycles. The van der Waals surface area contributed by atoms with Crippen molar-refractivity contribution in [3.8, 4) is 0 Å². The number of halogens is 1. The highest BCUT2D eigenvalue weighted by Crippen LogP contribution is 2.12. The van der Waals surface area contributed by atoms with E-state index in [0.29, 0.717) is 11.1 Å². The lowest BCUT2D eigenvalue weighted by atomic mass is 10.1. The summed E-state index contributed by atoms with van der Waals surface area (Å²) in [6.45, 7) is 1.92. The summed E-state index contributed by atoms with van der Waals surface area (Å²) < 4.78 is 13.1. The fourth-order valence-electron chi connectivity index (χ4n) is 1.91. The Kier molecular flexibility index (Phi) is 4.37. The van der Waals surface area contributed by atoms with E-state index >= 15 is 0 Å². The van der Waals surface area contributed by atoms with Crippen LogP contribution >= 0.6 is 0 Å². The lowest BCUT2D eigenvalue weighted by Crippen LogP contribution is -2.41. The van der Waals surface area contributed by atoms with Crippen molar-refractivity contribution in [2.45, 2.75) is 19.5 Å². The minimum absolute atomic E-state index is 0.139. The molecule has 2 aromatic rings. The number of rotatable bonds is 4. The second kappa shape index (κ2) is 6.05. The highest BCUT2D eigenvalue weighted by Gasteiger charge is 2.14. The van der Waals surface area contributed by atoms with Gasteiger partial charge >= 0.3 is 0 Å². The largest absolute Gasteiger partial charge is 0.350 e. The summed E-state index contributed by atoms with van der Waals surface area (Å²) in [6.07, 6.45) is 0. The predicted molar refractivity (Wildman–Crippen MR) is 79.5 cm³/mol. The van der Waals surface area contributed by atoms with Crippen LogP contribution < -0.4 is 10.9 Å². The molecular formula is C15H18FN3O2. The van der Waals surface area contributed by atoms with Crippen LogP contribution in [0.25, 0.3) is 10.9 Å². The van der Waals surface area contributed by atoms with Crippen molar-refractivity contribution in [3.05, 3.63) is 46.0 Å². The number of nitrogens with zero attached hydrogens (tertiary/aromatic N) is 1. The Hall–Kier alpha value is -2.21. The van der Waals surface area contributed by atoms with Crippen LogP contribution in [0.1, 0.15) is 12.5 Å². The molecule has 6 heteroatoms. The fraction of sp³-hybridized carbons (Fsp3) is 0.333. The summed E-state index contributed by atoms with van der Waals surface area (Å²) in [4.78, 5) is 28.2. The van der Waals surface area contributed by atoms with Crippen LogP contribution in [0.3, 0.4) is 0 Å². The number of H-pyrrole nitrogens is 1. The average molecular weight is 291 g/mol. The van der Waals surface area contributed by atoms with Crippen LogP contribution in [0.5, 0.6) is 0 Å². The van der Waals surface area contributed by atoms with Gasteiger partial charge in [-0.15, -0.1) is 0 Å². The van der Waals surface area contributed by atoms with Crippen LogP contribution in [-0.2, 0) is 11.3 Å². The molecule has 1 amide bonds. The predicted octanol–water partition coefficient (Wildman–Crippen LogP) is 1.23. The highest BCUT2D eigenvalue weighted by molar-refractivity contribution is 5.82. The number of likely N-dealkylation sites (N-methyl/N-ethyl adjacent to an activating group) is 1. The molecule has 0 unspecified atom stereocenters. The monoisotopic (exact) mass is 291 g/mol. The molecule has 0 aliphatic rings. The smallest absolute Gasteiger partial charge is 0.253 e. The Bertz CT molecular complexity index is 724. The van der Waals surface area contributed by atoms with Crippen LogP contribution in [0.2, 0.25) is 0 Å². The van der Waals surface area contributed by atoms with Gasteiger partial charge in [0, 0.05) is 12.1 Å².